The maximum atomic E-state index is 13.7. The van der Waals surface area contributed by atoms with E-state index in [0.29, 0.717) is 51.9 Å². The number of hydrogen-bond acceptors (Lipinski definition) is 10. The number of anilines is 4. The lowest BCUT2D eigenvalue weighted by Gasteiger charge is -2.33. The van der Waals surface area contributed by atoms with Gasteiger partial charge in [-0.3, -0.25) is 19.6 Å². The Morgan fingerprint density at radius 2 is 1.78 bits per heavy atom. The molecule has 232 valence electrons. The summed E-state index contributed by atoms with van der Waals surface area (Å²) in [6.45, 7) is 3.99. The van der Waals surface area contributed by atoms with Crippen molar-refractivity contribution >= 4 is 34.7 Å². The van der Waals surface area contributed by atoms with Crippen LogP contribution in [0.4, 0.5) is 22.9 Å². The molecule has 0 aliphatic carbocycles. The highest BCUT2D eigenvalue weighted by molar-refractivity contribution is 6.09. The summed E-state index contributed by atoms with van der Waals surface area (Å²) >= 11 is 0. The van der Waals surface area contributed by atoms with Crippen LogP contribution >= 0.6 is 0 Å². The molecule has 4 heterocycles. The molecule has 1 aliphatic rings. The Kier molecular flexibility index (Phi) is 7.56. The molecule has 6 rings (SSSR count). The summed E-state index contributed by atoms with van der Waals surface area (Å²) in [5.74, 6) is -0.564. The Labute approximate surface area is 262 Å². The molecule has 0 radical (unpaired) electrons. The summed E-state index contributed by atoms with van der Waals surface area (Å²) < 4.78 is 3.99. The molecule has 15 nitrogen and oxygen atoms in total. The second-order valence-electron chi connectivity index (χ2n) is 10.6. The molecule has 46 heavy (non-hydrogen) atoms. The average Bonchev–Trinajstić information content (AvgIpc) is 3.68. The van der Waals surface area contributed by atoms with Gasteiger partial charge in [0.1, 0.15) is 6.07 Å². The van der Waals surface area contributed by atoms with Gasteiger partial charge in [-0.25, -0.2) is 24.0 Å². The number of aryl methyl sites for hydroxylation is 3. The number of aliphatic hydroxyl groups is 1. The topological polar surface area (TPSA) is 179 Å². The standard InChI is InChI=1S/C31H29N11O4/c1-5-40-27-23(30(45)42(40)22-11-9-21(10-12-22)41-25(15-32)37-39(4)31(41)46)13-18(2)34-26(27)29(44)35-20-8-6-7-19(14-20)28(43)36-24-16-38(3)17-33-24/h6-14,16-17,30,45H,5H2,1-4H3,(H,35,44)(H,36,43). The third-order valence-electron chi connectivity index (χ3n) is 7.42. The van der Waals surface area contributed by atoms with Crippen LogP contribution in [0.5, 0.6) is 0 Å². The van der Waals surface area contributed by atoms with E-state index in [4.69, 9.17) is 0 Å². The fourth-order valence-electron chi connectivity index (χ4n) is 5.40. The fourth-order valence-corrected chi connectivity index (χ4v) is 5.40. The summed E-state index contributed by atoms with van der Waals surface area (Å²) in [5, 5.41) is 33.8. The van der Waals surface area contributed by atoms with Gasteiger partial charge < -0.3 is 20.3 Å². The van der Waals surface area contributed by atoms with Crippen LogP contribution in [0.15, 0.2) is 71.9 Å². The van der Waals surface area contributed by atoms with Crippen molar-refractivity contribution < 1.29 is 14.7 Å². The Morgan fingerprint density at radius 3 is 2.46 bits per heavy atom. The molecule has 1 atom stereocenters. The molecule has 5 aromatic rings. The number of amides is 2. The van der Waals surface area contributed by atoms with Crippen molar-refractivity contribution in [2.75, 3.05) is 27.2 Å². The van der Waals surface area contributed by atoms with Crippen LogP contribution in [-0.2, 0) is 14.1 Å². The van der Waals surface area contributed by atoms with Gasteiger partial charge >= 0.3 is 5.69 Å². The Morgan fingerprint density at radius 1 is 1.04 bits per heavy atom. The molecule has 1 unspecified atom stereocenters. The minimum absolute atomic E-state index is 0.0550. The lowest BCUT2D eigenvalue weighted by Crippen LogP contribution is -2.40. The van der Waals surface area contributed by atoms with Crippen LogP contribution in [0.3, 0.4) is 0 Å². The van der Waals surface area contributed by atoms with Gasteiger partial charge in [0.2, 0.25) is 5.82 Å². The number of aliphatic hydroxyl groups excluding tert-OH is 1. The highest BCUT2D eigenvalue weighted by Crippen LogP contribution is 2.43. The second-order valence-corrected chi connectivity index (χ2v) is 10.6. The second kappa shape index (κ2) is 11.7. The minimum Gasteiger partial charge on any atom is -0.368 e. The predicted molar refractivity (Wildman–Crippen MR) is 169 cm³/mol. The smallest absolute Gasteiger partial charge is 0.351 e. The molecule has 2 aromatic carbocycles. The number of aromatic nitrogens is 6. The van der Waals surface area contributed by atoms with Crippen LogP contribution in [-0.4, -0.2) is 52.3 Å². The number of nitrogens with zero attached hydrogens (tertiary/aromatic N) is 9. The first-order chi connectivity index (χ1) is 22.1. The van der Waals surface area contributed by atoms with E-state index in [1.54, 1.807) is 95.7 Å². The predicted octanol–water partition coefficient (Wildman–Crippen LogP) is 2.64. The van der Waals surface area contributed by atoms with Crippen molar-refractivity contribution in [3.63, 3.8) is 0 Å². The quantitative estimate of drug-likeness (QED) is 0.245. The van der Waals surface area contributed by atoms with E-state index in [1.165, 1.54) is 11.6 Å². The summed E-state index contributed by atoms with van der Waals surface area (Å²) in [6, 6.07) is 16.9. The molecule has 0 spiro atoms. The van der Waals surface area contributed by atoms with E-state index in [-0.39, 0.29) is 17.4 Å². The summed E-state index contributed by atoms with van der Waals surface area (Å²) in [5.41, 5.74) is 2.78. The molecule has 15 heteroatoms. The van der Waals surface area contributed by atoms with Gasteiger partial charge in [0.05, 0.1) is 23.4 Å². The summed E-state index contributed by atoms with van der Waals surface area (Å²) in [4.78, 5) is 47.8. The molecule has 0 bridgehead atoms. The highest BCUT2D eigenvalue weighted by Gasteiger charge is 2.39. The van der Waals surface area contributed by atoms with Gasteiger partial charge in [-0.05, 0) is 62.4 Å². The van der Waals surface area contributed by atoms with Crippen LogP contribution < -0.4 is 26.3 Å². The van der Waals surface area contributed by atoms with Gasteiger partial charge in [0.15, 0.2) is 17.7 Å². The minimum atomic E-state index is -1.15. The van der Waals surface area contributed by atoms with E-state index in [9.17, 15) is 24.8 Å². The first kappa shape index (κ1) is 29.8. The SMILES string of the molecule is CCN1c2c(cc(C)nc2C(=O)Nc2cccc(C(=O)Nc3cn(C)cn3)c2)C(O)N1c1ccc(-n2c(C#N)nn(C)c2=O)cc1. The number of hydrogen-bond donors (Lipinski definition) is 3. The number of fused-ring (bicyclic) bond motifs is 1. The molecule has 3 N–H and O–H groups in total. The molecule has 0 saturated carbocycles. The fraction of sp³-hybridized carbons (Fsp3) is 0.194. The Hall–Kier alpha value is -6.27. The van der Waals surface area contributed by atoms with Gasteiger partial charge in [0.25, 0.3) is 11.8 Å². The van der Waals surface area contributed by atoms with Crippen molar-refractivity contribution in [1.29, 1.82) is 5.26 Å². The van der Waals surface area contributed by atoms with E-state index >= 15 is 0 Å². The Bertz CT molecular complexity index is 2090. The number of nitriles is 1. The van der Waals surface area contributed by atoms with Gasteiger partial charge in [0, 0.05) is 49.3 Å². The van der Waals surface area contributed by atoms with Crippen molar-refractivity contribution in [3.8, 4) is 11.8 Å². The highest BCUT2D eigenvalue weighted by atomic mass is 16.3. The van der Waals surface area contributed by atoms with Crippen molar-refractivity contribution in [2.24, 2.45) is 14.1 Å². The number of hydrazine groups is 1. The molecule has 3 aromatic heterocycles. The summed E-state index contributed by atoms with van der Waals surface area (Å²) in [7, 11) is 3.26. The molecule has 2 amide bonds. The number of pyridine rings is 1. The average molecular weight is 620 g/mol. The van der Waals surface area contributed by atoms with Crippen LogP contribution in [0.25, 0.3) is 5.69 Å². The number of benzene rings is 2. The maximum Gasteiger partial charge on any atom is 0.351 e. The third kappa shape index (κ3) is 5.22. The van der Waals surface area contributed by atoms with Gasteiger partial charge in [-0.15, -0.1) is 5.10 Å². The first-order valence-electron chi connectivity index (χ1n) is 14.2. The number of carbonyl (C=O) groups is 2. The van der Waals surface area contributed by atoms with Gasteiger partial charge in [-0.2, -0.15) is 5.26 Å². The number of rotatable bonds is 7. The van der Waals surface area contributed by atoms with Gasteiger partial charge in [-0.1, -0.05) is 6.07 Å². The number of carbonyl (C=O) groups excluding carboxylic acids is 2. The molecule has 1 aliphatic heterocycles. The van der Waals surface area contributed by atoms with E-state index < -0.39 is 17.8 Å². The molecule has 0 fully saturated rings. The molecular formula is C31H29N11O4. The largest absolute Gasteiger partial charge is 0.368 e. The lowest BCUT2D eigenvalue weighted by molar-refractivity contribution is 0.101. The van der Waals surface area contributed by atoms with Crippen molar-refractivity contribution in [3.05, 3.63) is 106 Å². The summed E-state index contributed by atoms with van der Waals surface area (Å²) in [6.07, 6.45) is 2.09. The third-order valence-corrected chi connectivity index (χ3v) is 7.42. The van der Waals surface area contributed by atoms with E-state index in [0.717, 1.165) is 4.68 Å². The Balaban J connectivity index is 1.28. The zero-order chi connectivity index (χ0) is 32.7. The van der Waals surface area contributed by atoms with Crippen molar-refractivity contribution in [2.45, 2.75) is 20.1 Å². The molecule has 0 saturated heterocycles. The first-order valence-corrected chi connectivity index (χ1v) is 14.2. The van der Waals surface area contributed by atoms with Crippen LogP contribution in [0.2, 0.25) is 0 Å². The zero-order valence-corrected chi connectivity index (χ0v) is 25.3. The normalized spacial score (nSPS) is 13.8. The number of imidazole rings is 1. The number of nitrogens with one attached hydrogen (secondary N) is 2. The molecular weight excluding hydrogens is 590 g/mol. The van der Waals surface area contributed by atoms with Crippen LogP contribution in [0.1, 0.15) is 51.1 Å². The van der Waals surface area contributed by atoms with E-state index in [2.05, 4.69) is 25.7 Å². The van der Waals surface area contributed by atoms with Crippen LogP contribution in [0, 0.1) is 18.3 Å². The lowest BCUT2D eigenvalue weighted by atomic mass is 10.1. The monoisotopic (exact) mass is 619 g/mol. The van der Waals surface area contributed by atoms with E-state index in [1.807, 2.05) is 13.0 Å². The zero-order valence-electron chi connectivity index (χ0n) is 25.3. The maximum absolute atomic E-state index is 13.7. The van der Waals surface area contributed by atoms with Crippen molar-refractivity contribution in [1.82, 2.24) is 28.9 Å².